The Morgan fingerprint density at radius 3 is 2.47 bits per heavy atom. The molecule has 1 aromatic carbocycles. The van der Waals surface area contributed by atoms with Gasteiger partial charge in [0.05, 0.1) is 12.1 Å². The number of nitrogens with two attached hydrogens (primary N) is 1. The fourth-order valence-corrected chi connectivity index (χ4v) is 2.76. The maximum Gasteiger partial charge on any atom is 0.118 e. The van der Waals surface area contributed by atoms with E-state index in [1.807, 2.05) is 12.1 Å². The number of piperidine rings is 1. The summed E-state index contributed by atoms with van der Waals surface area (Å²) in [5.74, 6) is 1.37. The van der Waals surface area contributed by atoms with Crippen LogP contribution in [0.5, 0.6) is 5.75 Å². The molecule has 2 N–H and O–H groups in total. The lowest BCUT2D eigenvalue weighted by atomic mass is 9.96. The zero-order valence-corrected chi connectivity index (χ0v) is 12.3. The van der Waals surface area contributed by atoms with E-state index in [1.54, 1.807) is 7.11 Å². The average Bonchev–Trinajstić information content (AvgIpc) is 2.46. The first kappa shape index (κ1) is 14.3. The molecule has 19 heavy (non-hydrogen) atoms. The molecule has 1 heterocycles. The molecule has 3 nitrogen and oxygen atoms in total. The van der Waals surface area contributed by atoms with Gasteiger partial charge in [0.15, 0.2) is 0 Å². The number of hydrogen-bond acceptors (Lipinski definition) is 3. The van der Waals surface area contributed by atoms with E-state index in [0.717, 1.165) is 44.6 Å². The third kappa shape index (κ3) is 4.18. The van der Waals surface area contributed by atoms with Gasteiger partial charge in [0.25, 0.3) is 0 Å². The minimum atomic E-state index is 0.451. The highest BCUT2D eigenvalue weighted by molar-refractivity contribution is 7.80. The van der Waals surface area contributed by atoms with Gasteiger partial charge in [0.2, 0.25) is 0 Å². The van der Waals surface area contributed by atoms with Crippen molar-refractivity contribution in [2.75, 3.05) is 26.7 Å². The second-order valence-corrected chi connectivity index (χ2v) is 5.59. The summed E-state index contributed by atoms with van der Waals surface area (Å²) in [5.41, 5.74) is 7.06. The number of benzene rings is 1. The maximum atomic E-state index is 5.71. The molecule has 1 aliphatic rings. The number of likely N-dealkylation sites (tertiary alicyclic amines) is 1. The monoisotopic (exact) mass is 278 g/mol. The highest BCUT2D eigenvalue weighted by atomic mass is 32.1. The number of methoxy groups -OCH3 is 1. The molecule has 0 amide bonds. The smallest absolute Gasteiger partial charge is 0.118 e. The van der Waals surface area contributed by atoms with Crippen molar-refractivity contribution in [1.29, 1.82) is 0 Å². The minimum absolute atomic E-state index is 0.451. The Morgan fingerprint density at radius 2 is 1.95 bits per heavy atom. The molecule has 0 aromatic heterocycles. The van der Waals surface area contributed by atoms with Crippen molar-refractivity contribution in [1.82, 2.24) is 4.90 Å². The van der Waals surface area contributed by atoms with Crippen LogP contribution >= 0.6 is 12.2 Å². The van der Waals surface area contributed by atoms with Crippen LogP contribution in [0.15, 0.2) is 24.3 Å². The Morgan fingerprint density at radius 1 is 1.32 bits per heavy atom. The van der Waals surface area contributed by atoms with Crippen LogP contribution in [0.1, 0.15) is 18.4 Å². The zero-order valence-electron chi connectivity index (χ0n) is 11.5. The van der Waals surface area contributed by atoms with Crippen LogP contribution < -0.4 is 10.5 Å². The zero-order chi connectivity index (χ0) is 13.7. The van der Waals surface area contributed by atoms with Crippen molar-refractivity contribution < 1.29 is 4.74 Å². The first-order valence-corrected chi connectivity index (χ1v) is 7.24. The SMILES string of the molecule is COc1ccc(CCN2CCC(C(N)=S)CC2)cc1. The van der Waals surface area contributed by atoms with Crippen LogP contribution in [0.3, 0.4) is 0 Å². The van der Waals surface area contributed by atoms with Crippen molar-refractivity contribution in [2.24, 2.45) is 11.7 Å². The first-order chi connectivity index (χ1) is 9.19. The molecule has 0 spiro atoms. The Hall–Kier alpha value is -1.13. The second kappa shape index (κ2) is 6.87. The third-order valence-electron chi connectivity index (χ3n) is 3.87. The molecule has 1 aliphatic heterocycles. The van der Waals surface area contributed by atoms with E-state index in [4.69, 9.17) is 22.7 Å². The maximum absolute atomic E-state index is 5.71. The normalized spacial score (nSPS) is 17.3. The van der Waals surface area contributed by atoms with Crippen LogP contribution in [0, 0.1) is 5.92 Å². The van der Waals surface area contributed by atoms with Gasteiger partial charge in [-0.15, -0.1) is 0 Å². The van der Waals surface area contributed by atoms with Crippen LogP contribution in [-0.2, 0) is 6.42 Å². The van der Waals surface area contributed by atoms with Gasteiger partial charge in [-0.1, -0.05) is 24.4 Å². The van der Waals surface area contributed by atoms with Gasteiger partial charge in [-0.25, -0.2) is 0 Å². The van der Waals surface area contributed by atoms with E-state index in [1.165, 1.54) is 5.56 Å². The summed E-state index contributed by atoms with van der Waals surface area (Å²) in [7, 11) is 1.70. The predicted octanol–water partition coefficient (Wildman–Crippen LogP) is 2.24. The molecule has 2 rings (SSSR count). The molecular formula is C15H22N2OS. The Labute approximate surface area is 120 Å². The molecule has 0 unspecified atom stereocenters. The van der Waals surface area contributed by atoms with Crippen molar-refractivity contribution in [3.8, 4) is 5.75 Å². The lowest BCUT2D eigenvalue weighted by Crippen LogP contribution is -2.38. The summed E-state index contributed by atoms with van der Waals surface area (Å²) in [6, 6.07) is 8.32. The summed E-state index contributed by atoms with van der Waals surface area (Å²) in [5, 5.41) is 0. The number of ether oxygens (including phenoxy) is 1. The summed E-state index contributed by atoms with van der Waals surface area (Å²) in [4.78, 5) is 3.19. The summed E-state index contributed by atoms with van der Waals surface area (Å²) in [6.45, 7) is 3.33. The molecule has 1 fully saturated rings. The van der Waals surface area contributed by atoms with E-state index >= 15 is 0 Å². The van der Waals surface area contributed by atoms with Gasteiger partial charge in [-0.05, 0) is 50.0 Å². The van der Waals surface area contributed by atoms with Gasteiger partial charge in [-0.3, -0.25) is 0 Å². The van der Waals surface area contributed by atoms with Crippen molar-refractivity contribution in [3.63, 3.8) is 0 Å². The lowest BCUT2D eigenvalue weighted by molar-refractivity contribution is 0.212. The highest BCUT2D eigenvalue weighted by Gasteiger charge is 2.20. The number of nitrogens with zero attached hydrogens (tertiary/aromatic N) is 1. The molecular weight excluding hydrogens is 256 g/mol. The van der Waals surface area contributed by atoms with Gasteiger partial charge in [0.1, 0.15) is 5.75 Å². The van der Waals surface area contributed by atoms with E-state index in [-0.39, 0.29) is 0 Å². The molecule has 1 saturated heterocycles. The predicted molar refractivity (Wildman–Crippen MR) is 82.6 cm³/mol. The number of rotatable bonds is 5. The summed E-state index contributed by atoms with van der Waals surface area (Å²) in [6.07, 6.45) is 3.30. The molecule has 0 bridgehead atoms. The lowest BCUT2D eigenvalue weighted by Gasteiger charge is -2.31. The molecule has 0 saturated carbocycles. The van der Waals surface area contributed by atoms with Gasteiger partial charge in [0, 0.05) is 12.5 Å². The topological polar surface area (TPSA) is 38.5 Å². The van der Waals surface area contributed by atoms with Crippen molar-refractivity contribution in [2.45, 2.75) is 19.3 Å². The van der Waals surface area contributed by atoms with E-state index in [2.05, 4.69) is 17.0 Å². The van der Waals surface area contributed by atoms with E-state index in [9.17, 15) is 0 Å². The van der Waals surface area contributed by atoms with Crippen molar-refractivity contribution in [3.05, 3.63) is 29.8 Å². The molecule has 1 aromatic rings. The summed E-state index contributed by atoms with van der Waals surface area (Å²) >= 11 is 5.07. The summed E-state index contributed by atoms with van der Waals surface area (Å²) < 4.78 is 5.16. The third-order valence-corrected chi connectivity index (χ3v) is 4.20. The largest absolute Gasteiger partial charge is 0.497 e. The quantitative estimate of drug-likeness (QED) is 0.838. The fourth-order valence-electron chi connectivity index (χ4n) is 2.52. The Bertz CT molecular complexity index is 411. The molecule has 0 radical (unpaired) electrons. The highest BCUT2D eigenvalue weighted by Crippen LogP contribution is 2.18. The Balaban J connectivity index is 1.75. The van der Waals surface area contributed by atoms with Crippen LogP contribution in [0.2, 0.25) is 0 Å². The van der Waals surface area contributed by atoms with E-state index < -0.39 is 0 Å². The minimum Gasteiger partial charge on any atom is -0.497 e. The Kier molecular flexibility index (Phi) is 5.16. The van der Waals surface area contributed by atoms with Gasteiger partial charge >= 0.3 is 0 Å². The molecule has 104 valence electrons. The van der Waals surface area contributed by atoms with Crippen molar-refractivity contribution >= 4 is 17.2 Å². The first-order valence-electron chi connectivity index (χ1n) is 6.83. The molecule has 0 aliphatic carbocycles. The van der Waals surface area contributed by atoms with Gasteiger partial charge in [-0.2, -0.15) is 0 Å². The van der Waals surface area contributed by atoms with Crippen LogP contribution in [0.4, 0.5) is 0 Å². The van der Waals surface area contributed by atoms with Crippen LogP contribution in [-0.4, -0.2) is 36.6 Å². The fraction of sp³-hybridized carbons (Fsp3) is 0.533. The van der Waals surface area contributed by atoms with E-state index in [0.29, 0.717) is 10.9 Å². The molecule has 0 atom stereocenters. The number of thiocarbonyl (C=S) groups is 1. The van der Waals surface area contributed by atoms with Gasteiger partial charge < -0.3 is 15.4 Å². The standard InChI is InChI=1S/C15H22N2OS/c1-18-14-4-2-12(3-5-14)6-9-17-10-7-13(8-11-17)15(16)19/h2-5,13H,6-11H2,1H3,(H2,16,19). The van der Waals surface area contributed by atoms with Crippen LogP contribution in [0.25, 0.3) is 0 Å². The number of hydrogen-bond donors (Lipinski definition) is 1. The average molecular weight is 278 g/mol. The second-order valence-electron chi connectivity index (χ2n) is 5.12. The molecule has 4 heteroatoms.